The maximum Gasteiger partial charge on any atom is 0.324 e. The molecule has 2 aromatic carbocycles. The molecule has 0 aliphatic rings. The van der Waals surface area contributed by atoms with Gasteiger partial charge in [0.2, 0.25) is 10.0 Å². The zero-order valence-corrected chi connectivity index (χ0v) is 14.0. The van der Waals surface area contributed by atoms with Gasteiger partial charge in [-0.05, 0) is 24.1 Å². The van der Waals surface area contributed by atoms with Gasteiger partial charge in [0.15, 0.2) is 0 Å². The number of carbonyl (C=O) groups is 1. The van der Waals surface area contributed by atoms with Gasteiger partial charge >= 0.3 is 5.97 Å². The summed E-state index contributed by atoms with van der Waals surface area (Å²) >= 11 is 5.93. The number of sulfonamides is 1. The highest BCUT2D eigenvalue weighted by Gasteiger charge is 2.27. The largest absolute Gasteiger partial charge is 0.468 e. The Labute approximate surface area is 140 Å². The average molecular weight is 354 g/mol. The van der Waals surface area contributed by atoms with Gasteiger partial charge in [-0.25, -0.2) is 8.42 Å². The lowest BCUT2D eigenvalue weighted by molar-refractivity contribution is -0.142. The second-order valence-electron chi connectivity index (χ2n) is 4.82. The number of carbonyl (C=O) groups excluding carboxylic acids is 1. The van der Waals surface area contributed by atoms with E-state index in [-0.39, 0.29) is 16.3 Å². The van der Waals surface area contributed by atoms with Crippen molar-refractivity contribution in [1.82, 2.24) is 4.72 Å². The lowest BCUT2D eigenvalue weighted by Crippen LogP contribution is -2.43. The van der Waals surface area contributed by atoms with Gasteiger partial charge in [-0.15, -0.1) is 0 Å². The minimum Gasteiger partial charge on any atom is -0.468 e. The first-order valence-corrected chi connectivity index (χ1v) is 8.69. The van der Waals surface area contributed by atoms with E-state index >= 15 is 0 Å². The standard InChI is InChI=1S/C16H16ClNO4S/c1-22-16(19)14(11-12-7-3-2-4-8-12)18-23(20,21)15-10-6-5-9-13(15)17/h2-10,14,18H,11H2,1H3/t14-/m1/s1. The summed E-state index contributed by atoms with van der Waals surface area (Å²) in [6, 6.07) is 14.1. The predicted octanol–water partition coefficient (Wildman–Crippen LogP) is 2.40. The molecule has 23 heavy (non-hydrogen) atoms. The minimum atomic E-state index is -3.95. The lowest BCUT2D eigenvalue weighted by atomic mass is 10.1. The van der Waals surface area contributed by atoms with E-state index in [0.717, 1.165) is 5.56 Å². The van der Waals surface area contributed by atoms with E-state index < -0.39 is 22.0 Å². The second kappa shape index (κ2) is 7.59. The van der Waals surface area contributed by atoms with Crippen LogP contribution < -0.4 is 4.72 Å². The third-order valence-corrected chi connectivity index (χ3v) is 5.16. The molecule has 0 spiro atoms. The lowest BCUT2D eigenvalue weighted by Gasteiger charge is -2.17. The van der Waals surface area contributed by atoms with Gasteiger partial charge in [-0.3, -0.25) is 4.79 Å². The maximum absolute atomic E-state index is 12.5. The number of esters is 1. The van der Waals surface area contributed by atoms with E-state index in [1.54, 1.807) is 24.3 Å². The summed E-state index contributed by atoms with van der Waals surface area (Å²) in [4.78, 5) is 11.8. The molecule has 0 amide bonds. The van der Waals surface area contributed by atoms with E-state index in [0.29, 0.717) is 0 Å². The van der Waals surface area contributed by atoms with E-state index in [1.807, 2.05) is 18.2 Å². The molecule has 1 N–H and O–H groups in total. The summed E-state index contributed by atoms with van der Waals surface area (Å²) in [5.41, 5.74) is 0.810. The second-order valence-corrected chi connectivity index (χ2v) is 6.91. The van der Waals surface area contributed by atoms with Gasteiger partial charge in [0.05, 0.1) is 12.1 Å². The topological polar surface area (TPSA) is 72.5 Å². The highest BCUT2D eigenvalue weighted by Crippen LogP contribution is 2.21. The summed E-state index contributed by atoms with van der Waals surface area (Å²) in [5.74, 6) is -0.663. The van der Waals surface area contributed by atoms with Crippen LogP contribution in [0.1, 0.15) is 5.56 Å². The van der Waals surface area contributed by atoms with E-state index in [2.05, 4.69) is 4.72 Å². The number of hydrogen-bond acceptors (Lipinski definition) is 4. The van der Waals surface area contributed by atoms with Gasteiger partial charge in [0.1, 0.15) is 10.9 Å². The Kier molecular flexibility index (Phi) is 5.76. The molecule has 1 atom stereocenters. The molecule has 0 fully saturated rings. The maximum atomic E-state index is 12.5. The average Bonchev–Trinajstić information content (AvgIpc) is 2.54. The summed E-state index contributed by atoms with van der Waals surface area (Å²) in [7, 11) is -2.74. The quantitative estimate of drug-likeness (QED) is 0.809. The fourth-order valence-electron chi connectivity index (χ4n) is 2.08. The van der Waals surface area contributed by atoms with Crippen molar-refractivity contribution < 1.29 is 17.9 Å². The number of methoxy groups -OCH3 is 1. The molecule has 0 aliphatic heterocycles. The Bertz CT molecular complexity index is 778. The van der Waals surface area contributed by atoms with Crippen LogP contribution in [0.4, 0.5) is 0 Å². The van der Waals surface area contributed by atoms with Crippen molar-refractivity contribution in [1.29, 1.82) is 0 Å². The Morgan fingerprint density at radius 2 is 1.74 bits per heavy atom. The molecule has 0 saturated carbocycles. The number of ether oxygens (including phenoxy) is 1. The van der Waals surface area contributed by atoms with Crippen LogP contribution in [0, 0.1) is 0 Å². The predicted molar refractivity (Wildman–Crippen MR) is 87.7 cm³/mol. The highest BCUT2D eigenvalue weighted by atomic mass is 35.5. The molecule has 2 rings (SSSR count). The van der Waals surface area contributed by atoms with Crippen molar-refractivity contribution in [2.45, 2.75) is 17.4 Å². The fraction of sp³-hybridized carbons (Fsp3) is 0.188. The van der Waals surface area contributed by atoms with Crippen molar-refractivity contribution in [3.8, 4) is 0 Å². The van der Waals surface area contributed by atoms with Crippen LogP contribution in [-0.4, -0.2) is 27.5 Å². The summed E-state index contributed by atoms with van der Waals surface area (Å²) < 4.78 is 32.0. The molecule has 0 bridgehead atoms. The molecule has 0 radical (unpaired) electrons. The number of halogens is 1. The minimum absolute atomic E-state index is 0.0800. The molecule has 2 aromatic rings. The SMILES string of the molecule is COC(=O)[C@@H](Cc1ccccc1)NS(=O)(=O)c1ccccc1Cl. The third kappa shape index (κ3) is 4.54. The van der Waals surface area contributed by atoms with E-state index in [4.69, 9.17) is 16.3 Å². The number of hydrogen-bond donors (Lipinski definition) is 1. The fourth-order valence-corrected chi connectivity index (χ4v) is 3.78. The monoisotopic (exact) mass is 353 g/mol. The van der Waals surface area contributed by atoms with Gasteiger partial charge < -0.3 is 4.74 Å². The number of nitrogens with one attached hydrogen (secondary N) is 1. The van der Waals surface area contributed by atoms with Crippen LogP contribution in [0.15, 0.2) is 59.5 Å². The first-order chi connectivity index (χ1) is 10.9. The Morgan fingerprint density at radius 1 is 1.13 bits per heavy atom. The molecule has 122 valence electrons. The summed E-state index contributed by atoms with van der Waals surface area (Å²) in [6.07, 6.45) is 0.178. The van der Waals surface area contributed by atoms with Crippen molar-refractivity contribution in [2.24, 2.45) is 0 Å². The van der Waals surface area contributed by atoms with Crippen LogP contribution in [0.3, 0.4) is 0 Å². The van der Waals surface area contributed by atoms with Crippen LogP contribution in [0.2, 0.25) is 5.02 Å². The van der Waals surface area contributed by atoms with Crippen LogP contribution in [0.5, 0.6) is 0 Å². The molecule has 0 aromatic heterocycles. The molecule has 0 unspecified atom stereocenters. The van der Waals surface area contributed by atoms with Crippen molar-refractivity contribution >= 4 is 27.6 Å². The summed E-state index contributed by atoms with van der Waals surface area (Å²) in [6.45, 7) is 0. The van der Waals surface area contributed by atoms with Gasteiger partial charge in [-0.2, -0.15) is 4.72 Å². The first-order valence-electron chi connectivity index (χ1n) is 6.82. The first kappa shape index (κ1) is 17.5. The van der Waals surface area contributed by atoms with Crippen LogP contribution >= 0.6 is 11.6 Å². The molecule has 7 heteroatoms. The summed E-state index contributed by atoms with van der Waals surface area (Å²) in [5, 5.41) is 0.0864. The zero-order valence-electron chi connectivity index (χ0n) is 12.4. The van der Waals surface area contributed by atoms with Crippen molar-refractivity contribution in [3.63, 3.8) is 0 Å². The molecular weight excluding hydrogens is 338 g/mol. The Hall–Kier alpha value is -1.89. The molecule has 0 aliphatic carbocycles. The molecule has 5 nitrogen and oxygen atoms in total. The third-order valence-electron chi connectivity index (χ3n) is 3.19. The number of benzene rings is 2. The van der Waals surface area contributed by atoms with Crippen molar-refractivity contribution in [2.75, 3.05) is 7.11 Å². The van der Waals surface area contributed by atoms with E-state index in [9.17, 15) is 13.2 Å². The molecule has 0 heterocycles. The smallest absolute Gasteiger partial charge is 0.324 e. The van der Waals surface area contributed by atoms with Crippen molar-refractivity contribution in [3.05, 3.63) is 65.2 Å². The highest BCUT2D eigenvalue weighted by molar-refractivity contribution is 7.89. The number of rotatable bonds is 6. The van der Waals surface area contributed by atoms with Crippen LogP contribution in [0.25, 0.3) is 0 Å². The van der Waals surface area contributed by atoms with Gasteiger partial charge in [0.25, 0.3) is 0 Å². The molecular formula is C16H16ClNO4S. The Morgan fingerprint density at radius 3 is 2.35 bits per heavy atom. The normalized spacial score (nSPS) is 12.6. The zero-order chi connectivity index (χ0) is 16.9. The molecule has 0 saturated heterocycles. The van der Waals surface area contributed by atoms with Gasteiger partial charge in [0, 0.05) is 0 Å². The van der Waals surface area contributed by atoms with E-state index in [1.165, 1.54) is 19.2 Å². The van der Waals surface area contributed by atoms with Crippen LogP contribution in [-0.2, 0) is 26.0 Å². The van der Waals surface area contributed by atoms with Gasteiger partial charge in [-0.1, -0.05) is 54.1 Å². The Balaban J connectivity index is 2.27.